The molecule has 0 radical (unpaired) electrons. The van der Waals surface area contributed by atoms with Gasteiger partial charge in [-0.25, -0.2) is 0 Å². The molecule has 1 aliphatic rings. The summed E-state index contributed by atoms with van der Waals surface area (Å²) in [7, 11) is 0. The van der Waals surface area contributed by atoms with Gasteiger partial charge in [0.15, 0.2) is 0 Å². The Morgan fingerprint density at radius 2 is 1.82 bits per heavy atom. The van der Waals surface area contributed by atoms with E-state index in [2.05, 4.69) is 48.2 Å². The number of benzene rings is 2. The van der Waals surface area contributed by atoms with Crippen LogP contribution in [0.25, 0.3) is 0 Å². The van der Waals surface area contributed by atoms with Gasteiger partial charge >= 0.3 is 0 Å². The van der Waals surface area contributed by atoms with Crippen LogP contribution in [-0.4, -0.2) is 17.4 Å². The van der Waals surface area contributed by atoms with E-state index in [1.807, 2.05) is 18.2 Å². The monoisotopic (exact) mass is 293 g/mol. The lowest BCUT2D eigenvalue weighted by Crippen LogP contribution is -2.30. The molecule has 1 atom stereocenters. The molecule has 2 heteroatoms. The minimum atomic E-state index is 0.267. The Kier molecular flexibility index (Phi) is 4.57. The fraction of sp³-hybridized carbons (Fsp3) is 0.350. The largest absolute Gasteiger partial charge is 0.336 e. The average molecular weight is 293 g/mol. The molecule has 1 unspecified atom stereocenters. The van der Waals surface area contributed by atoms with Crippen LogP contribution in [0.4, 0.5) is 0 Å². The van der Waals surface area contributed by atoms with Crippen molar-refractivity contribution in [2.45, 2.75) is 38.6 Å². The highest BCUT2D eigenvalue weighted by Gasteiger charge is 2.29. The van der Waals surface area contributed by atoms with Crippen LogP contribution in [0.2, 0.25) is 0 Å². The number of hydrogen-bond donors (Lipinski definition) is 0. The number of likely N-dealkylation sites (tertiary alicyclic amines) is 1. The molecule has 0 aromatic heterocycles. The van der Waals surface area contributed by atoms with Crippen LogP contribution in [0.1, 0.15) is 42.0 Å². The summed E-state index contributed by atoms with van der Waals surface area (Å²) in [5.74, 6) is 0.284. The molecule has 1 saturated heterocycles. The fourth-order valence-electron chi connectivity index (χ4n) is 3.24. The standard InChI is InChI=1S/C20H23NO/c1-16-9-12-18(13-10-16)19-8-5-15-21(19)20(22)14-11-17-6-3-2-4-7-17/h2-4,6-7,9-10,12-13,19H,5,8,11,14-15H2,1H3. The zero-order chi connectivity index (χ0) is 15.4. The van der Waals surface area contributed by atoms with Crippen LogP contribution in [-0.2, 0) is 11.2 Å². The molecule has 114 valence electrons. The first kappa shape index (κ1) is 14.8. The van der Waals surface area contributed by atoms with Gasteiger partial charge < -0.3 is 4.90 Å². The van der Waals surface area contributed by atoms with Crippen molar-refractivity contribution in [3.05, 3.63) is 71.3 Å². The summed E-state index contributed by atoms with van der Waals surface area (Å²) in [5.41, 5.74) is 3.78. The molecule has 1 fully saturated rings. The Hall–Kier alpha value is -2.09. The van der Waals surface area contributed by atoms with Gasteiger partial charge in [0, 0.05) is 13.0 Å². The lowest BCUT2D eigenvalue weighted by atomic mass is 10.0. The second-order valence-electron chi connectivity index (χ2n) is 6.14. The number of hydrogen-bond acceptors (Lipinski definition) is 1. The van der Waals surface area contributed by atoms with Gasteiger partial charge in [0.05, 0.1) is 6.04 Å². The number of aryl methyl sites for hydroxylation is 2. The van der Waals surface area contributed by atoms with Crippen LogP contribution in [0.5, 0.6) is 0 Å². The Morgan fingerprint density at radius 1 is 1.09 bits per heavy atom. The van der Waals surface area contributed by atoms with Crippen LogP contribution in [0.3, 0.4) is 0 Å². The number of carbonyl (C=O) groups is 1. The molecular formula is C20H23NO. The van der Waals surface area contributed by atoms with E-state index < -0.39 is 0 Å². The molecule has 2 aromatic carbocycles. The van der Waals surface area contributed by atoms with Gasteiger partial charge in [-0.1, -0.05) is 60.2 Å². The summed E-state index contributed by atoms with van der Waals surface area (Å²) in [6.45, 7) is 2.99. The van der Waals surface area contributed by atoms with Gasteiger partial charge in [0.1, 0.15) is 0 Å². The topological polar surface area (TPSA) is 20.3 Å². The van der Waals surface area contributed by atoms with Gasteiger partial charge in [-0.05, 0) is 37.3 Å². The predicted octanol–water partition coefficient (Wildman–Crippen LogP) is 4.29. The van der Waals surface area contributed by atoms with E-state index in [1.165, 1.54) is 16.7 Å². The molecule has 0 saturated carbocycles. The van der Waals surface area contributed by atoms with E-state index in [-0.39, 0.29) is 11.9 Å². The van der Waals surface area contributed by atoms with Gasteiger partial charge in [-0.15, -0.1) is 0 Å². The number of rotatable bonds is 4. The number of nitrogens with zero attached hydrogens (tertiary/aromatic N) is 1. The molecule has 1 aliphatic heterocycles. The summed E-state index contributed by atoms with van der Waals surface area (Å²) in [5, 5.41) is 0. The second-order valence-corrected chi connectivity index (χ2v) is 6.14. The molecule has 1 amide bonds. The van der Waals surface area contributed by atoms with Crippen molar-refractivity contribution in [2.75, 3.05) is 6.54 Å². The Balaban J connectivity index is 1.65. The number of carbonyl (C=O) groups excluding carboxylic acids is 1. The SMILES string of the molecule is Cc1ccc(C2CCCN2C(=O)CCc2ccccc2)cc1. The third kappa shape index (κ3) is 3.38. The van der Waals surface area contributed by atoms with E-state index >= 15 is 0 Å². The van der Waals surface area contributed by atoms with Gasteiger partial charge in [-0.3, -0.25) is 4.79 Å². The van der Waals surface area contributed by atoms with Crippen LogP contribution >= 0.6 is 0 Å². The molecule has 3 rings (SSSR count). The molecule has 0 aliphatic carbocycles. The smallest absolute Gasteiger partial charge is 0.223 e. The minimum absolute atomic E-state index is 0.267. The first-order chi connectivity index (χ1) is 10.7. The Labute approximate surface area is 132 Å². The van der Waals surface area contributed by atoms with Crippen molar-refractivity contribution in [1.29, 1.82) is 0 Å². The van der Waals surface area contributed by atoms with E-state index in [9.17, 15) is 4.79 Å². The molecular weight excluding hydrogens is 270 g/mol. The van der Waals surface area contributed by atoms with E-state index in [1.54, 1.807) is 0 Å². The first-order valence-electron chi connectivity index (χ1n) is 8.14. The predicted molar refractivity (Wildman–Crippen MR) is 89.6 cm³/mol. The van der Waals surface area contributed by atoms with E-state index in [0.29, 0.717) is 6.42 Å². The van der Waals surface area contributed by atoms with Crippen molar-refractivity contribution in [1.82, 2.24) is 4.90 Å². The average Bonchev–Trinajstić information content (AvgIpc) is 3.04. The molecule has 0 spiro atoms. The normalized spacial score (nSPS) is 17.7. The van der Waals surface area contributed by atoms with Crippen molar-refractivity contribution in [3.8, 4) is 0 Å². The van der Waals surface area contributed by atoms with Crippen LogP contribution in [0, 0.1) is 6.92 Å². The Bertz CT molecular complexity index is 618. The maximum atomic E-state index is 12.6. The second kappa shape index (κ2) is 6.78. The molecule has 2 aromatic rings. The molecule has 2 nitrogen and oxygen atoms in total. The van der Waals surface area contributed by atoms with Crippen molar-refractivity contribution in [2.24, 2.45) is 0 Å². The van der Waals surface area contributed by atoms with Crippen molar-refractivity contribution in [3.63, 3.8) is 0 Å². The summed E-state index contributed by atoms with van der Waals surface area (Å²) in [4.78, 5) is 14.7. The molecule has 0 N–H and O–H groups in total. The van der Waals surface area contributed by atoms with Crippen LogP contribution in [0.15, 0.2) is 54.6 Å². The quantitative estimate of drug-likeness (QED) is 0.823. The summed E-state index contributed by atoms with van der Waals surface area (Å²) in [6.07, 6.45) is 3.62. The lowest BCUT2D eigenvalue weighted by molar-refractivity contribution is -0.132. The lowest BCUT2D eigenvalue weighted by Gasteiger charge is -2.25. The highest BCUT2D eigenvalue weighted by atomic mass is 16.2. The van der Waals surface area contributed by atoms with Crippen molar-refractivity contribution < 1.29 is 4.79 Å². The van der Waals surface area contributed by atoms with Crippen molar-refractivity contribution >= 4 is 5.91 Å². The Morgan fingerprint density at radius 3 is 2.55 bits per heavy atom. The fourth-order valence-corrected chi connectivity index (χ4v) is 3.24. The first-order valence-corrected chi connectivity index (χ1v) is 8.14. The highest BCUT2D eigenvalue weighted by Crippen LogP contribution is 2.32. The maximum absolute atomic E-state index is 12.6. The van der Waals surface area contributed by atoms with E-state index in [0.717, 1.165) is 25.8 Å². The number of amides is 1. The van der Waals surface area contributed by atoms with Crippen LogP contribution < -0.4 is 0 Å². The van der Waals surface area contributed by atoms with Gasteiger partial charge in [0.25, 0.3) is 0 Å². The van der Waals surface area contributed by atoms with E-state index in [4.69, 9.17) is 0 Å². The molecule has 0 bridgehead atoms. The van der Waals surface area contributed by atoms with Gasteiger partial charge in [0.2, 0.25) is 5.91 Å². The minimum Gasteiger partial charge on any atom is -0.336 e. The third-order valence-electron chi connectivity index (χ3n) is 4.51. The zero-order valence-electron chi connectivity index (χ0n) is 13.2. The summed E-state index contributed by atoms with van der Waals surface area (Å²) >= 11 is 0. The molecule has 1 heterocycles. The summed E-state index contributed by atoms with van der Waals surface area (Å²) in [6, 6.07) is 19.1. The van der Waals surface area contributed by atoms with Gasteiger partial charge in [-0.2, -0.15) is 0 Å². The zero-order valence-corrected chi connectivity index (χ0v) is 13.2. The highest BCUT2D eigenvalue weighted by molar-refractivity contribution is 5.77. The summed E-state index contributed by atoms with van der Waals surface area (Å²) < 4.78 is 0. The molecule has 22 heavy (non-hydrogen) atoms. The third-order valence-corrected chi connectivity index (χ3v) is 4.51. The maximum Gasteiger partial charge on any atom is 0.223 e.